The molecule has 244 valence electrons. The van der Waals surface area contributed by atoms with Crippen LogP contribution in [0, 0.1) is 11.8 Å². The van der Waals surface area contributed by atoms with Gasteiger partial charge in [0, 0.05) is 20.1 Å². The molecular weight excluding hydrogens is 552 g/mol. The van der Waals surface area contributed by atoms with Gasteiger partial charge in [0.15, 0.2) is 0 Å². The third-order valence-electron chi connectivity index (χ3n) is 6.70. The van der Waals surface area contributed by atoms with E-state index in [4.69, 9.17) is 33.5 Å². The van der Waals surface area contributed by atoms with Crippen LogP contribution in [-0.4, -0.2) is 92.3 Å². The summed E-state index contributed by atoms with van der Waals surface area (Å²) in [5.41, 5.74) is -1.16. The first-order valence-corrected chi connectivity index (χ1v) is 14.4. The van der Waals surface area contributed by atoms with Gasteiger partial charge in [0.05, 0.1) is 30.2 Å². The van der Waals surface area contributed by atoms with Crippen molar-refractivity contribution in [3.05, 3.63) is 0 Å². The number of carbonyl (C=O) groups excluding carboxylic acids is 3. The van der Waals surface area contributed by atoms with Gasteiger partial charge >= 0.3 is 18.2 Å². The van der Waals surface area contributed by atoms with Crippen molar-refractivity contribution in [1.29, 1.82) is 0 Å². The normalized spacial score (nSPS) is 26.2. The summed E-state index contributed by atoms with van der Waals surface area (Å²) in [4.78, 5) is 46.5. The molecule has 6 atom stereocenters. The highest BCUT2D eigenvalue weighted by Gasteiger charge is 2.37. The predicted octanol–water partition coefficient (Wildman–Crippen LogP) is 4.01. The number of ketones is 1. The van der Waals surface area contributed by atoms with Crippen LogP contribution < -0.4 is 10.6 Å². The van der Waals surface area contributed by atoms with Crippen LogP contribution >= 0.6 is 0 Å². The number of aliphatic carboxylic acids is 1. The van der Waals surface area contributed by atoms with Gasteiger partial charge < -0.3 is 44.2 Å². The monoisotopic (exact) mass is 604 g/mol. The summed E-state index contributed by atoms with van der Waals surface area (Å²) in [6, 6.07) is -0.637. The number of Topliss-reactive ketones (excluding diaryl/α,β-unsaturated/α-hetero) is 1. The molecule has 42 heavy (non-hydrogen) atoms. The van der Waals surface area contributed by atoms with Gasteiger partial charge in [-0.2, -0.15) is 0 Å². The number of carboxylic acids is 1. The van der Waals surface area contributed by atoms with Gasteiger partial charge in [0.1, 0.15) is 30.6 Å². The Morgan fingerprint density at radius 2 is 1.07 bits per heavy atom. The van der Waals surface area contributed by atoms with Crippen molar-refractivity contribution in [2.75, 3.05) is 27.8 Å². The molecule has 2 saturated carbocycles. The first-order valence-electron chi connectivity index (χ1n) is 14.4. The molecule has 0 unspecified atom stereocenters. The van der Waals surface area contributed by atoms with Gasteiger partial charge in [-0.1, -0.05) is 0 Å². The minimum absolute atomic E-state index is 0.0349. The Morgan fingerprint density at radius 3 is 1.40 bits per heavy atom. The molecule has 2 amide bonds. The Bertz CT molecular complexity index is 799. The van der Waals surface area contributed by atoms with Crippen LogP contribution in [0.5, 0.6) is 0 Å². The number of hydrogen-bond acceptors (Lipinski definition) is 10. The Kier molecular flexibility index (Phi) is 15.7. The molecule has 13 heteroatoms. The minimum atomic E-state index is -0.851. The van der Waals surface area contributed by atoms with E-state index in [0.717, 1.165) is 6.42 Å². The lowest BCUT2D eigenvalue weighted by Crippen LogP contribution is -2.50. The summed E-state index contributed by atoms with van der Waals surface area (Å²) >= 11 is 0. The molecule has 0 aromatic rings. The Morgan fingerprint density at radius 1 is 0.690 bits per heavy atom. The van der Waals surface area contributed by atoms with E-state index in [0.29, 0.717) is 32.1 Å². The molecule has 0 aromatic heterocycles. The number of amides is 2. The SMILES string of the molecule is COCO[C@H]1CC[C@@H](C(C)=O)C[C@@H]1NC(=O)OC(C)(C)C.COCO[C@H]1CC[C@H](C(=O)O)C[C@@H]1NC(=O)OC(C)(C)C. The molecule has 0 aromatic carbocycles. The fraction of sp³-hybridized carbons (Fsp3) is 0.862. The molecule has 0 saturated heterocycles. The van der Waals surface area contributed by atoms with Crippen LogP contribution in [0.1, 0.15) is 87.0 Å². The molecule has 2 fully saturated rings. The van der Waals surface area contributed by atoms with Crippen molar-refractivity contribution < 1.29 is 52.7 Å². The zero-order chi connectivity index (χ0) is 32.1. The van der Waals surface area contributed by atoms with Crippen LogP contribution in [0.3, 0.4) is 0 Å². The molecule has 3 N–H and O–H groups in total. The predicted molar refractivity (Wildman–Crippen MR) is 153 cm³/mol. The number of ether oxygens (including phenoxy) is 6. The molecule has 2 rings (SSSR count). The van der Waals surface area contributed by atoms with E-state index in [1.165, 1.54) is 7.11 Å². The lowest BCUT2D eigenvalue weighted by molar-refractivity contribution is -0.146. The molecule has 0 bridgehead atoms. The second-order valence-corrected chi connectivity index (χ2v) is 12.7. The summed E-state index contributed by atoms with van der Waals surface area (Å²) in [7, 11) is 3.07. The summed E-state index contributed by atoms with van der Waals surface area (Å²) < 4.78 is 31.4. The van der Waals surface area contributed by atoms with Crippen LogP contribution in [0.15, 0.2) is 0 Å². The van der Waals surface area contributed by atoms with Gasteiger partial charge in [-0.05, 0) is 87.0 Å². The van der Waals surface area contributed by atoms with E-state index in [9.17, 15) is 19.2 Å². The molecule has 0 radical (unpaired) electrons. The Hall–Kier alpha value is -2.48. The highest BCUT2D eigenvalue weighted by Crippen LogP contribution is 2.29. The molecule has 2 aliphatic carbocycles. The van der Waals surface area contributed by atoms with Crippen molar-refractivity contribution in [3.8, 4) is 0 Å². The highest BCUT2D eigenvalue weighted by atomic mass is 16.7. The summed E-state index contributed by atoms with van der Waals surface area (Å²) in [6.45, 7) is 12.6. The maximum atomic E-state index is 11.9. The number of methoxy groups -OCH3 is 2. The third kappa shape index (κ3) is 15.1. The zero-order valence-electron chi connectivity index (χ0n) is 26.7. The smallest absolute Gasteiger partial charge is 0.407 e. The summed E-state index contributed by atoms with van der Waals surface area (Å²) in [5, 5.41) is 14.7. The van der Waals surface area contributed by atoms with Crippen molar-refractivity contribution in [1.82, 2.24) is 10.6 Å². The maximum absolute atomic E-state index is 11.9. The largest absolute Gasteiger partial charge is 0.481 e. The van der Waals surface area contributed by atoms with Crippen LogP contribution in [0.2, 0.25) is 0 Å². The van der Waals surface area contributed by atoms with Crippen molar-refractivity contribution in [2.45, 2.75) is 122 Å². The van der Waals surface area contributed by atoms with Crippen molar-refractivity contribution in [3.63, 3.8) is 0 Å². The number of carbonyl (C=O) groups is 4. The zero-order valence-corrected chi connectivity index (χ0v) is 26.7. The van der Waals surface area contributed by atoms with Crippen molar-refractivity contribution in [2.24, 2.45) is 11.8 Å². The second kappa shape index (κ2) is 17.6. The van der Waals surface area contributed by atoms with Gasteiger partial charge in [-0.15, -0.1) is 0 Å². The first-order chi connectivity index (χ1) is 19.5. The lowest BCUT2D eigenvalue weighted by Gasteiger charge is -2.35. The van der Waals surface area contributed by atoms with E-state index >= 15 is 0 Å². The number of rotatable bonds is 10. The molecule has 13 nitrogen and oxygen atoms in total. The minimum Gasteiger partial charge on any atom is -0.481 e. The first kappa shape index (κ1) is 37.5. The van der Waals surface area contributed by atoms with Crippen molar-refractivity contribution >= 4 is 23.9 Å². The number of nitrogens with one attached hydrogen (secondary N) is 2. The number of alkyl carbamates (subject to hydrolysis) is 2. The van der Waals surface area contributed by atoms with Crippen LogP contribution in [0.25, 0.3) is 0 Å². The average molecular weight is 605 g/mol. The van der Waals surface area contributed by atoms with Crippen LogP contribution in [-0.2, 0) is 38.0 Å². The number of carboxylic acid groups (broad SMARTS) is 1. The molecule has 0 spiro atoms. The number of hydrogen-bond donors (Lipinski definition) is 3. The van der Waals surface area contributed by atoms with E-state index < -0.39 is 41.3 Å². The summed E-state index contributed by atoms with van der Waals surface area (Å²) in [6.07, 6.45) is 1.99. The fourth-order valence-corrected chi connectivity index (χ4v) is 4.81. The average Bonchev–Trinajstić information content (AvgIpc) is 2.85. The second-order valence-electron chi connectivity index (χ2n) is 12.7. The van der Waals surface area contributed by atoms with Gasteiger partial charge in [0.2, 0.25) is 0 Å². The maximum Gasteiger partial charge on any atom is 0.407 e. The standard InChI is InChI=1S/C15H27NO5.C14H25NO6/c1-10(17)11-6-7-13(20-9-19-5)12(8-11)16-14(18)21-15(2,3)4;1-14(2,3)21-13(18)15-10-7-9(12(16)17)5-6-11(10)20-8-19-4/h11-13H,6-9H2,1-5H3,(H,16,18);9-11H,5-8H2,1-4H3,(H,15,18)(H,16,17)/t11-,12+,13+;9-,10-,11-/m10/s1. The molecule has 0 aliphatic heterocycles. The van der Waals surface area contributed by atoms with Crippen LogP contribution in [0.4, 0.5) is 9.59 Å². The van der Waals surface area contributed by atoms with E-state index in [1.807, 2.05) is 20.8 Å². The van der Waals surface area contributed by atoms with E-state index in [1.54, 1.807) is 34.8 Å². The van der Waals surface area contributed by atoms with Gasteiger partial charge in [0.25, 0.3) is 0 Å². The molecule has 0 heterocycles. The van der Waals surface area contributed by atoms with Gasteiger partial charge in [-0.25, -0.2) is 9.59 Å². The fourth-order valence-electron chi connectivity index (χ4n) is 4.81. The third-order valence-corrected chi connectivity index (χ3v) is 6.70. The Balaban J connectivity index is 0.000000420. The summed E-state index contributed by atoms with van der Waals surface area (Å²) in [5.74, 6) is -1.22. The Labute approximate surface area is 249 Å². The van der Waals surface area contributed by atoms with E-state index in [2.05, 4.69) is 10.6 Å². The topological polar surface area (TPSA) is 168 Å². The quantitative estimate of drug-likeness (QED) is 0.308. The molecular formula is C29H52N2O11. The van der Waals surface area contributed by atoms with E-state index in [-0.39, 0.29) is 43.5 Å². The van der Waals surface area contributed by atoms with Gasteiger partial charge in [-0.3, -0.25) is 9.59 Å². The highest BCUT2D eigenvalue weighted by molar-refractivity contribution is 5.78. The lowest BCUT2D eigenvalue weighted by atomic mass is 9.82. The molecule has 2 aliphatic rings.